The molecule has 0 spiro atoms. The van der Waals surface area contributed by atoms with Crippen LogP contribution in [0.25, 0.3) is 11.1 Å². The monoisotopic (exact) mass is 523 g/mol. The van der Waals surface area contributed by atoms with Crippen molar-refractivity contribution in [2.45, 2.75) is 57.8 Å². The average molecular weight is 524 g/mol. The highest BCUT2D eigenvalue weighted by molar-refractivity contribution is 5.73. The van der Waals surface area contributed by atoms with Crippen LogP contribution >= 0.6 is 0 Å². The molecule has 0 atom stereocenters. The number of hydrogen-bond donors (Lipinski definition) is 0. The molecule has 38 heavy (non-hydrogen) atoms. The molecule has 3 aromatic carbocycles. The van der Waals surface area contributed by atoms with Crippen molar-refractivity contribution in [3.05, 3.63) is 83.7 Å². The summed E-state index contributed by atoms with van der Waals surface area (Å²) < 4.78 is 52.3. The molecule has 8 heteroatoms. The summed E-state index contributed by atoms with van der Waals surface area (Å²) in [5.74, 6) is -2.99. The number of hydrogen-bond acceptors (Lipinski definition) is 5. The van der Waals surface area contributed by atoms with Crippen LogP contribution in [0, 0.1) is 28.8 Å². The van der Waals surface area contributed by atoms with Gasteiger partial charge in [0.15, 0.2) is 0 Å². The molecule has 5 nitrogen and oxygen atoms in total. The molecule has 0 aliphatic heterocycles. The van der Waals surface area contributed by atoms with E-state index in [0.717, 1.165) is 56.4 Å². The molecule has 3 aromatic rings. The number of unbranched alkanes of at least 4 members (excludes halogenated alkanes) is 6. The molecule has 0 saturated carbocycles. The lowest BCUT2D eigenvalue weighted by Gasteiger charge is -2.09. The summed E-state index contributed by atoms with van der Waals surface area (Å²) in [5.41, 5.74) is 0.372. The van der Waals surface area contributed by atoms with E-state index >= 15 is 0 Å². The number of nitriles is 1. The van der Waals surface area contributed by atoms with Crippen molar-refractivity contribution in [3.8, 4) is 28.7 Å². The smallest absolute Gasteiger partial charge is 0.311 e. The van der Waals surface area contributed by atoms with Gasteiger partial charge in [0.05, 0.1) is 17.2 Å². The highest BCUT2D eigenvalue weighted by Gasteiger charge is 2.16. The van der Waals surface area contributed by atoms with Crippen LogP contribution in [0.3, 0.4) is 0 Å². The Kier molecular flexibility index (Phi) is 10.9. The Morgan fingerprint density at radius 1 is 0.658 bits per heavy atom. The minimum atomic E-state index is -0.901. The second-order valence-electron chi connectivity index (χ2n) is 8.83. The molecule has 0 radical (unpaired) electrons. The van der Waals surface area contributed by atoms with E-state index in [1.165, 1.54) is 12.1 Å². The Morgan fingerprint density at radius 3 is 1.63 bits per heavy atom. The molecule has 0 N–H and O–H groups in total. The predicted molar refractivity (Wildman–Crippen MR) is 136 cm³/mol. The Morgan fingerprint density at radius 2 is 1.13 bits per heavy atom. The van der Waals surface area contributed by atoms with Gasteiger partial charge in [0.1, 0.15) is 29.0 Å². The van der Waals surface area contributed by atoms with Gasteiger partial charge in [-0.25, -0.2) is 13.2 Å². The van der Waals surface area contributed by atoms with Gasteiger partial charge in [0.25, 0.3) is 0 Å². The molecule has 0 heterocycles. The summed E-state index contributed by atoms with van der Waals surface area (Å²) >= 11 is 0. The number of ether oxygens (including phenoxy) is 2. The summed E-state index contributed by atoms with van der Waals surface area (Å²) in [4.78, 5) is 23.9. The molecule has 0 aromatic heterocycles. The van der Waals surface area contributed by atoms with Gasteiger partial charge in [-0.1, -0.05) is 44.2 Å². The second-order valence-corrected chi connectivity index (χ2v) is 8.83. The molecule has 0 unspecified atom stereocenters. The van der Waals surface area contributed by atoms with Gasteiger partial charge in [0.2, 0.25) is 0 Å². The topological polar surface area (TPSA) is 76.4 Å². The van der Waals surface area contributed by atoms with E-state index in [1.807, 2.05) is 6.07 Å². The molecule has 198 valence electrons. The van der Waals surface area contributed by atoms with Crippen molar-refractivity contribution in [1.29, 1.82) is 5.26 Å². The summed E-state index contributed by atoms with van der Waals surface area (Å²) in [6, 6.07) is 15.0. The lowest BCUT2D eigenvalue weighted by Crippen LogP contribution is -2.08. The second kappa shape index (κ2) is 14.6. The zero-order valence-corrected chi connectivity index (χ0v) is 20.9. The molecular formula is C30H28F3NO4. The maximum Gasteiger partial charge on any atom is 0.311 e. The van der Waals surface area contributed by atoms with E-state index in [9.17, 15) is 22.8 Å². The molecule has 3 rings (SSSR count). The average Bonchev–Trinajstić information content (AvgIpc) is 2.89. The molecule has 0 fully saturated rings. The fourth-order valence-corrected chi connectivity index (χ4v) is 3.89. The van der Waals surface area contributed by atoms with Crippen molar-refractivity contribution in [1.82, 2.24) is 0 Å². The number of carbonyl (C=O) groups is 2. The Labute approximate surface area is 219 Å². The third-order valence-corrected chi connectivity index (χ3v) is 5.86. The van der Waals surface area contributed by atoms with E-state index in [1.54, 1.807) is 24.3 Å². The Balaban J connectivity index is 1.26. The van der Waals surface area contributed by atoms with Gasteiger partial charge in [-0.3, -0.25) is 9.59 Å². The van der Waals surface area contributed by atoms with Gasteiger partial charge < -0.3 is 9.47 Å². The fraction of sp³-hybridized carbons (Fsp3) is 0.300. The van der Waals surface area contributed by atoms with Crippen LogP contribution in [0.1, 0.15) is 63.4 Å². The molecule has 0 bridgehead atoms. The molecule has 0 aliphatic carbocycles. The number of benzene rings is 3. The van der Waals surface area contributed by atoms with Crippen LogP contribution < -0.4 is 9.47 Å². The molecule has 0 aliphatic rings. The maximum absolute atomic E-state index is 14.4. The van der Waals surface area contributed by atoms with Crippen LogP contribution in [0.2, 0.25) is 0 Å². The zero-order chi connectivity index (χ0) is 27.3. The summed E-state index contributed by atoms with van der Waals surface area (Å²) in [7, 11) is 0. The highest BCUT2D eigenvalue weighted by atomic mass is 19.1. The Hall–Kier alpha value is -4.12. The number of halogens is 3. The lowest BCUT2D eigenvalue weighted by atomic mass is 10.0. The third kappa shape index (κ3) is 9.07. The minimum Gasteiger partial charge on any atom is -0.427 e. The van der Waals surface area contributed by atoms with Crippen molar-refractivity contribution < 1.29 is 32.2 Å². The summed E-state index contributed by atoms with van der Waals surface area (Å²) in [5, 5.41) is 8.78. The van der Waals surface area contributed by atoms with Crippen LogP contribution in [0.4, 0.5) is 13.2 Å². The first-order chi connectivity index (χ1) is 18.4. The van der Waals surface area contributed by atoms with E-state index in [0.29, 0.717) is 30.6 Å². The predicted octanol–water partition coefficient (Wildman–Crippen LogP) is 7.66. The molecule has 0 amide bonds. The lowest BCUT2D eigenvalue weighted by molar-refractivity contribution is -0.135. The van der Waals surface area contributed by atoms with Gasteiger partial charge in [0, 0.05) is 25.0 Å². The standard InChI is InChI=1S/C30H28F3NO4/c31-23-14-12-22(13-15-23)30-26(32)18-25(19-27(30)33)38-29(36)9-7-5-3-1-2-4-6-8-28(35)37-24-16-10-21(20-34)11-17-24/h10-19H,1-9H2. The molecule has 0 saturated heterocycles. The summed E-state index contributed by atoms with van der Waals surface area (Å²) in [6.07, 6.45) is 6.27. The number of esters is 2. The fourth-order valence-electron chi connectivity index (χ4n) is 3.89. The number of nitrogens with zero attached hydrogens (tertiary/aromatic N) is 1. The van der Waals surface area contributed by atoms with Gasteiger partial charge in [-0.15, -0.1) is 0 Å². The largest absolute Gasteiger partial charge is 0.427 e. The zero-order valence-electron chi connectivity index (χ0n) is 20.9. The van der Waals surface area contributed by atoms with Crippen LogP contribution in [-0.4, -0.2) is 11.9 Å². The number of carbonyl (C=O) groups excluding carboxylic acids is 2. The third-order valence-electron chi connectivity index (χ3n) is 5.86. The SMILES string of the molecule is N#Cc1ccc(OC(=O)CCCCCCCCCC(=O)Oc2cc(F)c(-c3ccc(F)cc3)c(F)c2)cc1. The quantitative estimate of drug-likeness (QED) is 0.131. The van der Waals surface area contributed by atoms with Gasteiger partial charge in [-0.05, 0) is 54.8 Å². The minimum absolute atomic E-state index is 0.129. The first kappa shape index (κ1) is 28.5. The van der Waals surface area contributed by atoms with Crippen molar-refractivity contribution >= 4 is 11.9 Å². The van der Waals surface area contributed by atoms with E-state index in [-0.39, 0.29) is 29.3 Å². The Bertz CT molecular complexity index is 1250. The highest BCUT2D eigenvalue weighted by Crippen LogP contribution is 2.30. The first-order valence-corrected chi connectivity index (χ1v) is 12.5. The maximum atomic E-state index is 14.4. The molecular weight excluding hydrogens is 495 g/mol. The van der Waals surface area contributed by atoms with Crippen LogP contribution in [-0.2, 0) is 9.59 Å². The normalized spacial score (nSPS) is 10.6. The van der Waals surface area contributed by atoms with Crippen molar-refractivity contribution in [2.75, 3.05) is 0 Å². The van der Waals surface area contributed by atoms with Crippen LogP contribution in [0.5, 0.6) is 11.5 Å². The summed E-state index contributed by atoms with van der Waals surface area (Å²) in [6.45, 7) is 0. The van der Waals surface area contributed by atoms with Gasteiger partial charge in [-0.2, -0.15) is 5.26 Å². The van der Waals surface area contributed by atoms with E-state index in [4.69, 9.17) is 14.7 Å². The van der Waals surface area contributed by atoms with Crippen molar-refractivity contribution in [2.24, 2.45) is 0 Å². The van der Waals surface area contributed by atoms with E-state index < -0.39 is 23.4 Å². The van der Waals surface area contributed by atoms with Crippen molar-refractivity contribution in [3.63, 3.8) is 0 Å². The van der Waals surface area contributed by atoms with E-state index in [2.05, 4.69) is 0 Å². The first-order valence-electron chi connectivity index (χ1n) is 12.5. The van der Waals surface area contributed by atoms with Crippen LogP contribution in [0.15, 0.2) is 60.7 Å². The number of rotatable bonds is 13. The van der Waals surface area contributed by atoms with Gasteiger partial charge >= 0.3 is 11.9 Å².